The second-order valence-corrected chi connectivity index (χ2v) is 9.57. The molecule has 1 amide bonds. The summed E-state index contributed by atoms with van der Waals surface area (Å²) in [5.41, 5.74) is -0.594. The highest BCUT2D eigenvalue weighted by molar-refractivity contribution is 6.55. The van der Waals surface area contributed by atoms with Crippen LogP contribution in [0.2, 0.25) is 10.0 Å². The number of unbranched alkanes of at least 4 members (excludes halogenated alkanes) is 1. The topological polar surface area (TPSA) is 38.8 Å². The molecule has 0 spiro atoms. The number of amides is 1. The van der Waals surface area contributed by atoms with Gasteiger partial charge in [-0.15, -0.1) is 0 Å². The Labute approximate surface area is 222 Å². The minimum Gasteiger partial charge on any atom is -0.490 e. The number of carbonyl (C=O) groups is 1. The summed E-state index contributed by atoms with van der Waals surface area (Å²) >= 11 is 23.6. The van der Waals surface area contributed by atoms with E-state index in [0.29, 0.717) is 37.5 Å². The van der Waals surface area contributed by atoms with E-state index in [1.165, 1.54) is 18.2 Å². The molecule has 4 nitrogen and oxygen atoms in total. The average Bonchev–Trinajstić information content (AvgIpc) is 2.76. The molecule has 2 aromatic carbocycles. The molecular formula is C24H24Cl4F3NO3. The number of ether oxygens (including phenoxy) is 2. The van der Waals surface area contributed by atoms with Gasteiger partial charge in [-0.25, -0.2) is 0 Å². The fourth-order valence-corrected chi connectivity index (χ4v) is 3.78. The summed E-state index contributed by atoms with van der Waals surface area (Å²) in [5, 5.41) is 0.546. The van der Waals surface area contributed by atoms with Gasteiger partial charge in [-0.05, 0) is 57.0 Å². The molecule has 0 saturated carbocycles. The van der Waals surface area contributed by atoms with Crippen LogP contribution in [0.1, 0.15) is 42.6 Å². The molecule has 0 saturated heterocycles. The molecule has 0 aliphatic carbocycles. The summed E-state index contributed by atoms with van der Waals surface area (Å²) in [6, 6.07) is 7.19. The number of carbonyl (C=O) groups excluding carboxylic acids is 1. The van der Waals surface area contributed by atoms with Crippen molar-refractivity contribution in [2.24, 2.45) is 0 Å². The van der Waals surface area contributed by atoms with Crippen LogP contribution >= 0.6 is 46.4 Å². The van der Waals surface area contributed by atoms with Crippen molar-refractivity contribution in [3.8, 4) is 11.5 Å². The standard InChI is InChI=1S/C24H24Cl4F3NO3/c1-15(2)32(23(33)16-5-7-17(8-6-16)24(29,30)31)10-3-4-11-35-22-19(25)13-18(14-20(22)26)34-12-9-21(27)28/h5-9,13-15H,3-4,10-12H2,1-2H3. The maximum Gasteiger partial charge on any atom is 0.416 e. The van der Waals surface area contributed by atoms with Crippen LogP contribution in [0.25, 0.3) is 0 Å². The predicted octanol–water partition coefficient (Wildman–Crippen LogP) is 8.42. The zero-order valence-electron chi connectivity index (χ0n) is 19.0. The van der Waals surface area contributed by atoms with Crippen molar-refractivity contribution in [2.45, 2.75) is 38.9 Å². The lowest BCUT2D eigenvalue weighted by Crippen LogP contribution is -2.37. The lowest BCUT2D eigenvalue weighted by atomic mass is 10.1. The molecule has 0 atom stereocenters. The Kier molecular flexibility index (Phi) is 11.3. The average molecular weight is 573 g/mol. The van der Waals surface area contributed by atoms with E-state index in [9.17, 15) is 18.0 Å². The largest absolute Gasteiger partial charge is 0.490 e. The molecule has 0 fully saturated rings. The number of alkyl halides is 3. The number of rotatable bonds is 11. The van der Waals surface area contributed by atoms with Crippen LogP contribution in [0, 0.1) is 0 Å². The maximum atomic E-state index is 12.8. The quantitative estimate of drug-likeness (QED) is 0.254. The Bertz CT molecular complexity index is 1000. The Morgan fingerprint density at radius 1 is 1.03 bits per heavy atom. The molecule has 0 heterocycles. The van der Waals surface area contributed by atoms with Gasteiger partial charge < -0.3 is 14.4 Å². The molecule has 0 aliphatic rings. The summed E-state index contributed by atoms with van der Waals surface area (Å²) in [4.78, 5) is 14.4. The van der Waals surface area contributed by atoms with Crippen molar-refractivity contribution < 1.29 is 27.4 Å². The summed E-state index contributed by atoms with van der Waals surface area (Å²) in [6.07, 6.45) is -1.79. The van der Waals surface area contributed by atoms with Crippen LogP contribution in [0.3, 0.4) is 0 Å². The third kappa shape index (κ3) is 9.30. The van der Waals surface area contributed by atoms with Crippen LogP contribution in [0.15, 0.2) is 47.0 Å². The van der Waals surface area contributed by atoms with Gasteiger partial charge in [0.15, 0.2) is 5.75 Å². The minimum absolute atomic E-state index is 0.0826. The molecule has 0 unspecified atom stereocenters. The SMILES string of the molecule is CC(C)N(CCCCOc1c(Cl)cc(OCC=C(Cl)Cl)cc1Cl)C(=O)c1ccc(C(F)(F)F)cc1. The van der Waals surface area contributed by atoms with Crippen molar-refractivity contribution >= 4 is 52.3 Å². The normalized spacial score (nSPS) is 11.4. The molecule has 192 valence electrons. The van der Waals surface area contributed by atoms with Crippen molar-refractivity contribution in [1.29, 1.82) is 0 Å². The van der Waals surface area contributed by atoms with E-state index in [4.69, 9.17) is 55.9 Å². The predicted molar refractivity (Wildman–Crippen MR) is 134 cm³/mol. The Balaban J connectivity index is 1.89. The van der Waals surface area contributed by atoms with Gasteiger partial charge in [0.05, 0.1) is 22.2 Å². The van der Waals surface area contributed by atoms with E-state index >= 15 is 0 Å². The third-order valence-corrected chi connectivity index (χ3v) is 5.71. The maximum absolute atomic E-state index is 12.8. The molecule has 2 rings (SSSR count). The first kappa shape index (κ1) is 29.4. The van der Waals surface area contributed by atoms with Gasteiger partial charge in [-0.2, -0.15) is 13.2 Å². The molecule has 35 heavy (non-hydrogen) atoms. The first-order valence-electron chi connectivity index (χ1n) is 10.6. The van der Waals surface area contributed by atoms with Crippen LogP contribution < -0.4 is 9.47 Å². The monoisotopic (exact) mass is 571 g/mol. The van der Waals surface area contributed by atoms with E-state index in [-0.39, 0.29) is 38.7 Å². The molecule has 0 bridgehead atoms. The number of hydrogen-bond acceptors (Lipinski definition) is 3. The lowest BCUT2D eigenvalue weighted by molar-refractivity contribution is -0.137. The smallest absolute Gasteiger partial charge is 0.416 e. The van der Waals surface area contributed by atoms with Gasteiger partial charge in [0.25, 0.3) is 5.91 Å². The zero-order valence-corrected chi connectivity index (χ0v) is 22.0. The Hall–Kier alpha value is -1.80. The van der Waals surface area contributed by atoms with Crippen LogP contribution in [-0.4, -0.2) is 36.6 Å². The fraction of sp³-hybridized carbons (Fsp3) is 0.375. The van der Waals surface area contributed by atoms with Crippen LogP contribution in [0.4, 0.5) is 13.2 Å². The van der Waals surface area contributed by atoms with Crippen molar-refractivity contribution in [3.63, 3.8) is 0 Å². The van der Waals surface area contributed by atoms with Gasteiger partial charge in [-0.3, -0.25) is 4.79 Å². The van der Waals surface area contributed by atoms with E-state index in [0.717, 1.165) is 12.1 Å². The summed E-state index contributed by atoms with van der Waals surface area (Å²) in [6.45, 7) is 4.54. The van der Waals surface area contributed by atoms with E-state index < -0.39 is 11.7 Å². The highest BCUT2D eigenvalue weighted by Crippen LogP contribution is 2.37. The van der Waals surface area contributed by atoms with E-state index in [1.54, 1.807) is 17.0 Å². The van der Waals surface area contributed by atoms with Gasteiger partial charge in [0.1, 0.15) is 16.8 Å². The van der Waals surface area contributed by atoms with Gasteiger partial charge in [-0.1, -0.05) is 46.4 Å². The summed E-state index contributed by atoms with van der Waals surface area (Å²) < 4.78 is 49.6. The van der Waals surface area contributed by atoms with E-state index in [2.05, 4.69) is 0 Å². The molecule has 2 aromatic rings. The molecule has 0 N–H and O–H groups in total. The number of halogens is 7. The number of hydrogen-bond donors (Lipinski definition) is 0. The Morgan fingerprint density at radius 3 is 2.14 bits per heavy atom. The lowest BCUT2D eigenvalue weighted by Gasteiger charge is -2.27. The third-order valence-electron chi connectivity index (χ3n) is 4.84. The first-order chi connectivity index (χ1) is 16.4. The molecule has 11 heteroatoms. The van der Waals surface area contributed by atoms with Gasteiger partial charge >= 0.3 is 6.18 Å². The minimum atomic E-state index is -4.45. The molecule has 0 radical (unpaired) electrons. The van der Waals surface area contributed by atoms with Gasteiger partial charge in [0.2, 0.25) is 0 Å². The fourth-order valence-electron chi connectivity index (χ4n) is 3.08. The van der Waals surface area contributed by atoms with E-state index in [1.807, 2.05) is 13.8 Å². The van der Waals surface area contributed by atoms with Crippen molar-refractivity contribution in [2.75, 3.05) is 19.8 Å². The summed E-state index contributed by atoms with van der Waals surface area (Å²) in [7, 11) is 0. The van der Waals surface area contributed by atoms with Crippen molar-refractivity contribution in [3.05, 3.63) is 68.1 Å². The second-order valence-electron chi connectivity index (χ2n) is 7.74. The molecular weight excluding hydrogens is 549 g/mol. The first-order valence-corrected chi connectivity index (χ1v) is 12.2. The van der Waals surface area contributed by atoms with Crippen molar-refractivity contribution in [1.82, 2.24) is 4.90 Å². The van der Waals surface area contributed by atoms with Gasteiger partial charge in [0, 0.05) is 30.3 Å². The second kappa shape index (κ2) is 13.5. The number of benzene rings is 2. The zero-order chi connectivity index (χ0) is 26.2. The Morgan fingerprint density at radius 2 is 1.63 bits per heavy atom. The summed E-state index contributed by atoms with van der Waals surface area (Å²) in [5.74, 6) is 0.405. The highest BCUT2D eigenvalue weighted by atomic mass is 35.5. The van der Waals surface area contributed by atoms with Crippen LogP contribution in [0.5, 0.6) is 11.5 Å². The highest BCUT2D eigenvalue weighted by Gasteiger charge is 2.30. The van der Waals surface area contributed by atoms with Crippen LogP contribution in [-0.2, 0) is 6.18 Å². The number of nitrogens with zero attached hydrogens (tertiary/aromatic N) is 1. The molecule has 0 aromatic heterocycles. The molecule has 0 aliphatic heterocycles.